The van der Waals surface area contributed by atoms with Gasteiger partial charge in [-0.2, -0.15) is 0 Å². The van der Waals surface area contributed by atoms with Crippen LogP contribution >= 0.6 is 0 Å². The lowest BCUT2D eigenvalue weighted by Crippen LogP contribution is -2.41. The van der Waals surface area contributed by atoms with Crippen LogP contribution in [0.3, 0.4) is 0 Å². The summed E-state index contributed by atoms with van der Waals surface area (Å²) in [6.45, 7) is 5.29. The molecule has 176 valence electrons. The Morgan fingerprint density at radius 2 is 1.58 bits per heavy atom. The minimum absolute atomic E-state index is 0.0242. The maximum atomic E-state index is 13.1. The first-order valence-electron chi connectivity index (χ1n) is 11.7. The van der Waals surface area contributed by atoms with Gasteiger partial charge in [0.05, 0.1) is 5.92 Å². The summed E-state index contributed by atoms with van der Waals surface area (Å²) in [6, 6.07) is 14.4. The van der Waals surface area contributed by atoms with E-state index in [1.165, 1.54) is 24.6 Å². The van der Waals surface area contributed by atoms with E-state index in [1.807, 2.05) is 12.1 Å². The number of likely N-dealkylation sites (tertiary alicyclic amines) is 2. The fourth-order valence-electron chi connectivity index (χ4n) is 5.20. The number of hydrogen-bond donors (Lipinski definition) is 2. The Hall–Kier alpha value is -2.77. The van der Waals surface area contributed by atoms with E-state index in [1.54, 1.807) is 12.1 Å². The summed E-state index contributed by atoms with van der Waals surface area (Å²) in [6.07, 6.45) is 3.13. The van der Waals surface area contributed by atoms with E-state index in [-0.39, 0.29) is 23.5 Å². The Bertz CT molecular complexity index is 955. The molecule has 0 aromatic heterocycles. The molecule has 2 aliphatic rings. The summed E-state index contributed by atoms with van der Waals surface area (Å²) >= 11 is 0. The molecular formula is C26H33FN4O2. The first kappa shape index (κ1) is 23.4. The Balaban J connectivity index is 1.25. The van der Waals surface area contributed by atoms with E-state index in [4.69, 9.17) is 0 Å². The van der Waals surface area contributed by atoms with Gasteiger partial charge in [-0.25, -0.2) is 4.39 Å². The molecule has 7 heteroatoms. The van der Waals surface area contributed by atoms with Crippen molar-refractivity contribution >= 4 is 23.2 Å². The molecule has 0 bridgehead atoms. The molecule has 2 aliphatic heterocycles. The number of anilines is 2. The molecule has 0 radical (unpaired) electrons. The highest BCUT2D eigenvalue weighted by Crippen LogP contribution is 2.33. The van der Waals surface area contributed by atoms with Gasteiger partial charge in [0.15, 0.2) is 0 Å². The number of rotatable bonds is 6. The minimum atomic E-state index is -0.304. The molecule has 0 spiro atoms. The molecule has 2 fully saturated rings. The number of carbonyl (C=O) groups excluding carboxylic acids is 2. The third kappa shape index (κ3) is 6.18. The van der Waals surface area contributed by atoms with Gasteiger partial charge < -0.3 is 15.5 Å². The highest BCUT2D eigenvalue weighted by molar-refractivity contribution is 5.93. The zero-order valence-electron chi connectivity index (χ0n) is 19.4. The maximum Gasteiger partial charge on any atom is 0.228 e. The van der Waals surface area contributed by atoms with Crippen LogP contribution < -0.4 is 10.6 Å². The maximum absolute atomic E-state index is 13.1. The van der Waals surface area contributed by atoms with Crippen LogP contribution in [0.4, 0.5) is 15.8 Å². The predicted molar refractivity (Wildman–Crippen MR) is 128 cm³/mol. The molecule has 2 atom stereocenters. The van der Waals surface area contributed by atoms with E-state index in [0.29, 0.717) is 17.6 Å². The first-order valence-corrected chi connectivity index (χ1v) is 11.7. The van der Waals surface area contributed by atoms with Crippen molar-refractivity contribution in [1.82, 2.24) is 9.80 Å². The zero-order chi connectivity index (χ0) is 23.4. The van der Waals surface area contributed by atoms with Crippen LogP contribution in [0.2, 0.25) is 0 Å². The number of halogens is 1. The SMILES string of the molecule is CC(=O)Nc1ccc(CN2CCC([C@H]3C[C@H](C(=O)Nc4ccc(F)cc4)CN3C)CC2)cc1. The molecule has 6 nitrogen and oxygen atoms in total. The number of carbonyl (C=O) groups is 2. The van der Waals surface area contributed by atoms with Crippen LogP contribution in [0.1, 0.15) is 31.7 Å². The van der Waals surface area contributed by atoms with Crippen molar-refractivity contribution in [3.05, 3.63) is 59.9 Å². The van der Waals surface area contributed by atoms with Crippen LogP contribution in [0.15, 0.2) is 48.5 Å². The molecule has 2 heterocycles. The van der Waals surface area contributed by atoms with Gasteiger partial charge in [-0.15, -0.1) is 0 Å². The van der Waals surface area contributed by atoms with Gasteiger partial charge >= 0.3 is 0 Å². The molecule has 2 aromatic carbocycles. The lowest BCUT2D eigenvalue weighted by atomic mass is 9.86. The van der Waals surface area contributed by atoms with Gasteiger partial charge in [0.1, 0.15) is 5.82 Å². The van der Waals surface area contributed by atoms with Gasteiger partial charge in [0, 0.05) is 37.4 Å². The molecule has 0 saturated carbocycles. The smallest absolute Gasteiger partial charge is 0.228 e. The van der Waals surface area contributed by atoms with Crippen molar-refractivity contribution < 1.29 is 14.0 Å². The Kier molecular flexibility index (Phi) is 7.40. The molecular weight excluding hydrogens is 419 g/mol. The van der Waals surface area contributed by atoms with Crippen LogP contribution in [-0.2, 0) is 16.1 Å². The van der Waals surface area contributed by atoms with Crippen molar-refractivity contribution in [1.29, 1.82) is 0 Å². The van der Waals surface area contributed by atoms with Gasteiger partial charge in [-0.3, -0.25) is 14.5 Å². The number of amides is 2. The summed E-state index contributed by atoms with van der Waals surface area (Å²) in [5.74, 6) is 0.220. The Morgan fingerprint density at radius 3 is 2.21 bits per heavy atom. The van der Waals surface area contributed by atoms with E-state index < -0.39 is 0 Å². The van der Waals surface area contributed by atoms with Crippen molar-refractivity contribution in [2.75, 3.05) is 37.3 Å². The number of benzene rings is 2. The summed E-state index contributed by atoms with van der Waals surface area (Å²) in [5, 5.41) is 5.74. The lowest BCUT2D eigenvalue weighted by molar-refractivity contribution is -0.119. The Labute approximate surface area is 195 Å². The highest BCUT2D eigenvalue weighted by Gasteiger charge is 2.39. The topological polar surface area (TPSA) is 64.7 Å². The Morgan fingerprint density at radius 1 is 0.970 bits per heavy atom. The number of nitrogens with one attached hydrogen (secondary N) is 2. The summed E-state index contributed by atoms with van der Waals surface area (Å²) in [5.41, 5.74) is 2.72. The van der Waals surface area contributed by atoms with Crippen molar-refractivity contribution in [3.63, 3.8) is 0 Å². The number of nitrogens with zero attached hydrogens (tertiary/aromatic N) is 2. The number of piperidine rings is 1. The van der Waals surface area contributed by atoms with E-state index in [9.17, 15) is 14.0 Å². The average Bonchev–Trinajstić information content (AvgIpc) is 3.19. The normalized spacial score (nSPS) is 22.3. The molecule has 0 aliphatic carbocycles. The minimum Gasteiger partial charge on any atom is -0.326 e. The second-order valence-corrected chi connectivity index (χ2v) is 9.43. The highest BCUT2D eigenvalue weighted by atomic mass is 19.1. The second kappa shape index (κ2) is 10.4. The third-order valence-corrected chi connectivity index (χ3v) is 6.94. The summed E-state index contributed by atoms with van der Waals surface area (Å²) < 4.78 is 13.1. The van der Waals surface area contributed by atoms with Crippen molar-refractivity contribution in [2.24, 2.45) is 11.8 Å². The van der Waals surface area contributed by atoms with Gasteiger partial charge in [-0.1, -0.05) is 12.1 Å². The lowest BCUT2D eigenvalue weighted by Gasteiger charge is -2.37. The van der Waals surface area contributed by atoms with Crippen molar-refractivity contribution in [3.8, 4) is 0 Å². The van der Waals surface area contributed by atoms with Crippen LogP contribution in [0, 0.1) is 17.7 Å². The van der Waals surface area contributed by atoms with E-state index >= 15 is 0 Å². The summed E-state index contributed by atoms with van der Waals surface area (Å²) in [4.78, 5) is 28.7. The quantitative estimate of drug-likeness (QED) is 0.697. The molecule has 2 amide bonds. The van der Waals surface area contributed by atoms with Crippen LogP contribution in [0.5, 0.6) is 0 Å². The summed E-state index contributed by atoms with van der Waals surface area (Å²) in [7, 11) is 2.12. The molecule has 0 unspecified atom stereocenters. The van der Waals surface area contributed by atoms with E-state index in [0.717, 1.165) is 51.1 Å². The van der Waals surface area contributed by atoms with Gasteiger partial charge in [-0.05, 0) is 87.3 Å². The van der Waals surface area contributed by atoms with Crippen molar-refractivity contribution in [2.45, 2.75) is 38.8 Å². The standard InChI is InChI=1S/C26H33FN4O2/c1-18(32)28-23-7-3-19(4-8-23)16-31-13-11-20(12-14-31)25-15-21(17-30(25)2)26(33)29-24-9-5-22(27)6-10-24/h3-10,20-21,25H,11-17H2,1-2H3,(H,28,32)(H,29,33)/t21-,25+/m0/s1. The number of hydrogen-bond acceptors (Lipinski definition) is 4. The van der Waals surface area contributed by atoms with Crippen LogP contribution in [0.25, 0.3) is 0 Å². The molecule has 4 rings (SSSR count). The zero-order valence-corrected chi connectivity index (χ0v) is 19.4. The van der Waals surface area contributed by atoms with Gasteiger partial charge in [0.25, 0.3) is 0 Å². The van der Waals surface area contributed by atoms with Gasteiger partial charge in [0.2, 0.25) is 11.8 Å². The fraction of sp³-hybridized carbons (Fsp3) is 0.462. The third-order valence-electron chi connectivity index (χ3n) is 6.94. The van der Waals surface area contributed by atoms with Crippen LogP contribution in [-0.4, -0.2) is 54.3 Å². The average molecular weight is 453 g/mol. The first-order chi connectivity index (χ1) is 15.9. The second-order valence-electron chi connectivity index (χ2n) is 9.43. The predicted octanol–water partition coefficient (Wildman–Crippen LogP) is 3.96. The fourth-order valence-corrected chi connectivity index (χ4v) is 5.20. The molecule has 2 saturated heterocycles. The van der Waals surface area contributed by atoms with E-state index in [2.05, 4.69) is 39.6 Å². The molecule has 2 N–H and O–H groups in total. The largest absolute Gasteiger partial charge is 0.326 e. The monoisotopic (exact) mass is 452 g/mol. The molecule has 2 aromatic rings. The molecule has 33 heavy (non-hydrogen) atoms.